The third kappa shape index (κ3) is 4.44. The van der Waals surface area contributed by atoms with E-state index in [4.69, 9.17) is 4.99 Å². The van der Waals surface area contributed by atoms with E-state index in [-0.39, 0.29) is 0 Å². The number of para-hydroxylation sites is 2. The SMILES string of the molecule is CC(CC(C)Nc1c(C)cccc1C)=Nc1c(C)cccc1C. The van der Waals surface area contributed by atoms with Gasteiger partial charge in [-0.2, -0.15) is 0 Å². The molecule has 0 amide bonds. The Labute approximate surface area is 140 Å². The molecule has 1 N–H and O–H groups in total. The monoisotopic (exact) mass is 308 g/mol. The van der Waals surface area contributed by atoms with Crippen molar-refractivity contribution in [2.45, 2.75) is 54.0 Å². The zero-order valence-electron chi connectivity index (χ0n) is 15.2. The van der Waals surface area contributed by atoms with E-state index in [0.29, 0.717) is 6.04 Å². The van der Waals surface area contributed by atoms with E-state index in [1.165, 1.54) is 27.9 Å². The van der Waals surface area contributed by atoms with Gasteiger partial charge in [0.1, 0.15) is 0 Å². The number of nitrogens with zero attached hydrogens (tertiary/aromatic N) is 1. The van der Waals surface area contributed by atoms with E-state index in [9.17, 15) is 0 Å². The molecule has 122 valence electrons. The number of benzene rings is 2. The molecular weight excluding hydrogens is 280 g/mol. The van der Waals surface area contributed by atoms with Crippen LogP contribution in [0.5, 0.6) is 0 Å². The molecule has 0 aliphatic heterocycles. The highest BCUT2D eigenvalue weighted by atomic mass is 14.9. The Balaban J connectivity index is 2.11. The average Bonchev–Trinajstić information content (AvgIpc) is 2.47. The highest BCUT2D eigenvalue weighted by Crippen LogP contribution is 2.24. The maximum absolute atomic E-state index is 4.86. The minimum atomic E-state index is 0.350. The second-order valence-electron chi connectivity index (χ2n) is 6.60. The number of anilines is 1. The Bertz CT molecular complexity index is 673. The molecule has 0 aliphatic rings. The van der Waals surface area contributed by atoms with Crippen LogP contribution in [0.15, 0.2) is 41.4 Å². The Morgan fingerprint density at radius 3 is 1.91 bits per heavy atom. The predicted molar refractivity (Wildman–Crippen MR) is 102 cm³/mol. The van der Waals surface area contributed by atoms with E-state index >= 15 is 0 Å². The largest absolute Gasteiger partial charge is 0.382 e. The molecule has 0 saturated carbocycles. The smallest absolute Gasteiger partial charge is 0.0687 e. The summed E-state index contributed by atoms with van der Waals surface area (Å²) >= 11 is 0. The lowest BCUT2D eigenvalue weighted by Gasteiger charge is -2.19. The minimum Gasteiger partial charge on any atom is -0.382 e. The summed E-state index contributed by atoms with van der Waals surface area (Å²) in [5.74, 6) is 0. The second-order valence-corrected chi connectivity index (χ2v) is 6.60. The normalized spacial score (nSPS) is 13.0. The van der Waals surface area contributed by atoms with E-state index in [1.54, 1.807) is 0 Å². The fourth-order valence-electron chi connectivity index (χ4n) is 3.00. The van der Waals surface area contributed by atoms with Crippen molar-refractivity contribution >= 4 is 17.1 Å². The quantitative estimate of drug-likeness (QED) is 0.683. The molecule has 2 rings (SSSR count). The van der Waals surface area contributed by atoms with Crippen LogP contribution in [0.1, 0.15) is 42.5 Å². The van der Waals surface area contributed by atoms with Crippen molar-refractivity contribution in [2.75, 3.05) is 5.32 Å². The Hall–Kier alpha value is -2.09. The van der Waals surface area contributed by atoms with Crippen LogP contribution in [0.2, 0.25) is 0 Å². The lowest BCUT2D eigenvalue weighted by Crippen LogP contribution is -2.19. The summed E-state index contributed by atoms with van der Waals surface area (Å²) in [5, 5.41) is 3.64. The first-order valence-corrected chi connectivity index (χ1v) is 8.31. The highest BCUT2D eigenvalue weighted by Gasteiger charge is 2.09. The van der Waals surface area contributed by atoms with Crippen molar-refractivity contribution in [3.8, 4) is 0 Å². The number of aliphatic imine (C=N–C) groups is 1. The standard InChI is InChI=1S/C21H28N2/c1-14-9-7-10-15(2)20(14)22-18(5)13-19(6)23-21-16(3)11-8-12-17(21)4/h7-12,18,22H,13H2,1-6H3. The second kappa shape index (κ2) is 7.45. The topological polar surface area (TPSA) is 24.4 Å². The average molecular weight is 308 g/mol. The molecule has 23 heavy (non-hydrogen) atoms. The van der Waals surface area contributed by atoms with Crippen LogP contribution in [0, 0.1) is 27.7 Å². The maximum atomic E-state index is 4.86. The summed E-state index contributed by atoms with van der Waals surface area (Å²) in [6.07, 6.45) is 0.932. The van der Waals surface area contributed by atoms with E-state index in [1.807, 2.05) is 0 Å². The zero-order chi connectivity index (χ0) is 17.0. The maximum Gasteiger partial charge on any atom is 0.0687 e. The number of hydrogen-bond donors (Lipinski definition) is 1. The number of aryl methyl sites for hydroxylation is 4. The first-order chi connectivity index (χ1) is 10.9. The van der Waals surface area contributed by atoms with Gasteiger partial charge in [-0.1, -0.05) is 36.4 Å². The lowest BCUT2D eigenvalue weighted by molar-refractivity contribution is 0.831. The summed E-state index contributed by atoms with van der Waals surface area (Å²) in [5.41, 5.74) is 8.58. The van der Waals surface area contributed by atoms with Gasteiger partial charge in [-0.15, -0.1) is 0 Å². The Kier molecular flexibility index (Phi) is 5.59. The van der Waals surface area contributed by atoms with E-state index < -0.39 is 0 Å². The summed E-state index contributed by atoms with van der Waals surface area (Å²) in [4.78, 5) is 4.86. The lowest BCUT2D eigenvalue weighted by atomic mass is 10.1. The summed E-state index contributed by atoms with van der Waals surface area (Å²) in [7, 11) is 0. The van der Waals surface area contributed by atoms with Crippen molar-refractivity contribution in [2.24, 2.45) is 4.99 Å². The third-order valence-corrected chi connectivity index (χ3v) is 4.22. The molecular formula is C21H28N2. The molecule has 2 aromatic carbocycles. The molecule has 0 spiro atoms. The van der Waals surface area contributed by atoms with E-state index in [0.717, 1.165) is 17.8 Å². The molecule has 0 saturated heterocycles. The molecule has 0 fully saturated rings. The van der Waals surface area contributed by atoms with Gasteiger partial charge in [0.05, 0.1) is 5.69 Å². The van der Waals surface area contributed by atoms with Crippen LogP contribution in [0.4, 0.5) is 11.4 Å². The van der Waals surface area contributed by atoms with Crippen LogP contribution < -0.4 is 5.32 Å². The molecule has 0 heterocycles. The first kappa shape index (κ1) is 17.3. The van der Waals surface area contributed by atoms with Crippen molar-refractivity contribution in [3.63, 3.8) is 0 Å². The zero-order valence-corrected chi connectivity index (χ0v) is 15.2. The molecule has 2 heteroatoms. The van der Waals surface area contributed by atoms with Crippen LogP contribution in [0.25, 0.3) is 0 Å². The van der Waals surface area contributed by atoms with Gasteiger partial charge in [0.2, 0.25) is 0 Å². The van der Waals surface area contributed by atoms with Gasteiger partial charge in [0.15, 0.2) is 0 Å². The van der Waals surface area contributed by atoms with Crippen molar-refractivity contribution in [1.82, 2.24) is 0 Å². The van der Waals surface area contributed by atoms with Crippen LogP contribution in [-0.2, 0) is 0 Å². The third-order valence-electron chi connectivity index (χ3n) is 4.22. The summed E-state index contributed by atoms with van der Waals surface area (Å²) in [6, 6.07) is 13.1. The molecule has 0 bridgehead atoms. The summed E-state index contributed by atoms with van der Waals surface area (Å²) in [6.45, 7) is 12.9. The molecule has 2 nitrogen and oxygen atoms in total. The van der Waals surface area contributed by atoms with Gasteiger partial charge in [-0.25, -0.2) is 0 Å². The van der Waals surface area contributed by atoms with Crippen LogP contribution in [-0.4, -0.2) is 11.8 Å². The van der Waals surface area contributed by atoms with Crippen molar-refractivity contribution in [3.05, 3.63) is 58.7 Å². The minimum absolute atomic E-state index is 0.350. The summed E-state index contributed by atoms with van der Waals surface area (Å²) < 4.78 is 0. The fraction of sp³-hybridized carbons (Fsp3) is 0.381. The van der Waals surface area contributed by atoms with Gasteiger partial charge >= 0.3 is 0 Å². The molecule has 0 aliphatic carbocycles. The molecule has 2 aromatic rings. The van der Waals surface area contributed by atoms with Gasteiger partial charge in [0.25, 0.3) is 0 Å². The molecule has 0 radical (unpaired) electrons. The van der Waals surface area contributed by atoms with Gasteiger partial charge in [0, 0.05) is 23.9 Å². The number of nitrogens with one attached hydrogen (secondary N) is 1. The molecule has 0 aromatic heterocycles. The van der Waals surface area contributed by atoms with Gasteiger partial charge in [-0.05, 0) is 63.8 Å². The Morgan fingerprint density at radius 2 is 1.39 bits per heavy atom. The van der Waals surface area contributed by atoms with E-state index in [2.05, 4.69) is 83.3 Å². The first-order valence-electron chi connectivity index (χ1n) is 8.31. The van der Waals surface area contributed by atoms with Crippen LogP contribution >= 0.6 is 0 Å². The molecule has 1 unspecified atom stereocenters. The highest BCUT2D eigenvalue weighted by molar-refractivity contribution is 5.86. The van der Waals surface area contributed by atoms with Crippen molar-refractivity contribution < 1.29 is 0 Å². The van der Waals surface area contributed by atoms with Crippen LogP contribution in [0.3, 0.4) is 0 Å². The fourth-order valence-corrected chi connectivity index (χ4v) is 3.00. The predicted octanol–water partition coefficient (Wildman–Crippen LogP) is 5.90. The van der Waals surface area contributed by atoms with Gasteiger partial charge < -0.3 is 5.32 Å². The number of rotatable bonds is 5. The molecule has 1 atom stereocenters. The van der Waals surface area contributed by atoms with Crippen molar-refractivity contribution in [1.29, 1.82) is 0 Å². The Morgan fingerprint density at radius 1 is 0.913 bits per heavy atom. The van der Waals surface area contributed by atoms with Gasteiger partial charge in [-0.3, -0.25) is 4.99 Å². The number of hydrogen-bond acceptors (Lipinski definition) is 2.